The van der Waals surface area contributed by atoms with E-state index in [4.69, 9.17) is 15.9 Å². The number of nitrogens with zero attached hydrogens (tertiary/aromatic N) is 1. The molecule has 0 unspecified atom stereocenters. The van der Waals surface area contributed by atoms with Gasteiger partial charge in [-0.1, -0.05) is 0 Å². The van der Waals surface area contributed by atoms with Crippen molar-refractivity contribution in [3.05, 3.63) is 0 Å². The van der Waals surface area contributed by atoms with Crippen LogP contribution in [0, 0.1) is 0 Å². The predicted molar refractivity (Wildman–Crippen MR) is 75.7 cm³/mol. The van der Waals surface area contributed by atoms with Gasteiger partial charge in [-0.15, -0.1) is 0 Å². The van der Waals surface area contributed by atoms with Crippen LogP contribution in [0.4, 0.5) is 0 Å². The van der Waals surface area contributed by atoms with Crippen molar-refractivity contribution in [3.63, 3.8) is 0 Å². The van der Waals surface area contributed by atoms with Gasteiger partial charge in [-0.3, -0.25) is 9.59 Å². The first-order valence-electron chi connectivity index (χ1n) is 6.83. The number of carbonyl (C=O) groups is 2. The fourth-order valence-electron chi connectivity index (χ4n) is 1.63. The summed E-state index contributed by atoms with van der Waals surface area (Å²) >= 11 is 0. The molecule has 0 atom stereocenters. The topological polar surface area (TPSA) is 128 Å². The molecule has 0 aliphatic rings. The Labute approximate surface area is 119 Å². The van der Waals surface area contributed by atoms with E-state index >= 15 is 0 Å². The van der Waals surface area contributed by atoms with Crippen molar-refractivity contribution in [1.82, 2.24) is 15.5 Å². The van der Waals surface area contributed by atoms with Crippen molar-refractivity contribution in [1.29, 1.82) is 0 Å². The molecule has 0 aromatic heterocycles. The van der Waals surface area contributed by atoms with Gasteiger partial charge in [0, 0.05) is 52.4 Å². The van der Waals surface area contributed by atoms with E-state index in [0.29, 0.717) is 32.7 Å². The van der Waals surface area contributed by atoms with Gasteiger partial charge in [-0.25, -0.2) is 0 Å². The Kier molecular flexibility index (Phi) is 12.0. The van der Waals surface area contributed by atoms with E-state index in [1.807, 2.05) is 4.90 Å². The summed E-state index contributed by atoms with van der Waals surface area (Å²) in [4.78, 5) is 22.8. The molecule has 20 heavy (non-hydrogen) atoms. The molecule has 0 bridgehead atoms. The average molecular weight is 290 g/mol. The molecule has 118 valence electrons. The van der Waals surface area contributed by atoms with Crippen molar-refractivity contribution in [2.24, 2.45) is 5.73 Å². The SMILES string of the molecule is NCCN(CCNCCNCCC(=O)O)CCC(=O)O. The first kappa shape index (κ1) is 18.8. The molecule has 0 rings (SSSR count). The van der Waals surface area contributed by atoms with Gasteiger partial charge in [0.15, 0.2) is 0 Å². The zero-order chi connectivity index (χ0) is 15.2. The monoisotopic (exact) mass is 290 g/mol. The van der Waals surface area contributed by atoms with Crippen molar-refractivity contribution in [2.45, 2.75) is 12.8 Å². The number of hydrogen-bond acceptors (Lipinski definition) is 6. The maximum atomic E-state index is 10.5. The van der Waals surface area contributed by atoms with Crippen LogP contribution in [0.2, 0.25) is 0 Å². The van der Waals surface area contributed by atoms with Gasteiger partial charge in [0.25, 0.3) is 0 Å². The molecule has 0 aromatic carbocycles. The van der Waals surface area contributed by atoms with Crippen LogP contribution in [0.1, 0.15) is 12.8 Å². The van der Waals surface area contributed by atoms with Gasteiger partial charge >= 0.3 is 11.9 Å². The zero-order valence-corrected chi connectivity index (χ0v) is 11.8. The Balaban J connectivity index is 3.48. The molecule has 0 radical (unpaired) electrons. The molecule has 8 nitrogen and oxygen atoms in total. The summed E-state index contributed by atoms with van der Waals surface area (Å²) in [6.07, 6.45) is 0.246. The van der Waals surface area contributed by atoms with Crippen molar-refractivity contribution < 1.29 is 19.8 Å². The van der Waals surface area contributed by atoms with Crippen LogP contribution in [-0.4, -0.2) is 79.4 Å². The molecule has 0 amide bonds. The number of hydrogen-bond donors (Lipinski definition) is 5. The van der Waals surface area contributed by atoms with E-state index in [9.17, 15) is 9.59 Å². The van der Waals surface area contributed by atoms with Crippen molar-refractivity contribution >= 4 is 11.9 Å². The quantitative estimate of drug-likeness (QED) is 0.241. The molecule has 0 spiro atoms. The summed E-state index contributed by atoms with van der Waals surface area (Å²) in [6, 6.07) is 0. The maximum absolute atomic E-state index is 10.5. The molecular weight excluding hydrogens is 264 g/mol. The van der Waals surface area contributed by atoms with Crippen molar-refractivity contribution in [3.8, 4) is 0 Å². The van der Waals surface area contributed by atoms with Gasteiger partial charge < -0.3 is 31.5 Å². The van der Waals surface area contributed by atoms with Gasteiger partial charge in [0.2, 0.25) is 0 Å². The molecular formula is C12H26N4O4. The van der Waals surface area contributed by atoms with Crippen LogP contribution < -0.4 is 16.4 Å². The second-order valence-electron chi connectivity index (χ2n) is 4.42. The third-order valence-corrected chi connectivity index (χ3v) is 2.69. The van der Waals surface area contributed by atoms with Crippen LogP contribution in [0.15, 0.2) is 0 Å². The van der Waals surface area contributed by atoms with E-state index in [0.717, 1.165) is 19.6 Å². The Morgan fingerprint density at radius 3 is 2.00 bits per heavy atom. The number of nitrogens with two attached hydrogens (primary N) is 1. The third kappa shape index (κ3) is 13.2. The molecule has 0 aliphatic heterocycles. The van der Waals surface area contributed by atoms with Crippen LogP contribution in [0.3, 0.4) is 0 Å². The summed E-state index contributed by atoms with van der Waals surface area (Å²) < 4.78 is 0. The Hall–Kier alpha value is -1.22. The lowest BCUT2D eigenvalue weighted by atomic mass is 10.3. The first-order chi connectivity index (χ1) is 9.56. The molecule has 0 saturated heterocycles. The minimum atomic E-state index is -0.804. The summed E-state index contributed by atoms with van der Waals surface area (Å²) in [6.45, 7) is 5.12. The normalized spacial score (nSPS) is 10.9. The van der Waals surface area contributed by atoms with Gasteiger partial charge in [0.05, 0.1) is 12.8 Å². The van der Waals surface area contributed by atoms with Crippen LogP contribution in [-0.2, 0) is 9.59 Å². The fourth-order valence-corrected chi connectivity index (χ4v) is 1.63. The lowest BCUT2D eigenvalue weighted by Crippen LogP contribution is -2.38. The summed E-state index contributed by atoms with van der Waals surface area (Å²) in [7, 11) is 0. The fraction of sp³-hybridized carbons (Fsp3) is 0.833. The highest BCUT2D eigenvalue weighted by Crippen LogP contribution is 1.90. The molecule has 0 aliphatic carbocycles. The molecule has 0 saturated carbocycles. The summed E-state index contributed by atoms with van der Waals surface area (Å²) in [5.74, 6) is -1.61. The summed E-state index contributed by atoms with van der Waals surface area (Å²) in [5, 5.41) is 23.3. The van der Waals surface area contributed by atoms with Crippen LogP contribution >= 0.6 is 0 Å². The Morgan fingerprint density at radius 1 is 0.850 bits per heavy atom. The number of nitrogens with one attached hydrogen (secondary N) is 2. The largest absolute Gasteiger partial charge is 0.481 e. The number of carboxylic acids is 2. The molecule has 6 N–H and O–H groups in total. The zero-order valence-electron chi connectivity index (χ0n) is 11.8. The highest BCUT2D eigenvalue weighted by Gasteiger charge is 2.06. The minimum absolute atomic E-state index is 0.122. The lowest BCUT2D eigenvalue weighted by molar-refractivity contribution is -0.138. The van der Waals surface area contributed by atoms with E-state index in [-0.39, 0.29) is 12.8 Å². The van der Waals surface area contributed by atoms with E-state index in [1.54, 1.807) is 0 Å². The smallest absolute Gasteiger partial charge is 0.304 e. The second-order valence-corrected chi connectivity index (χ2v) is 4.42. The number of carboxylic acid groups (broad SMARTS) is 2. The average Bonchev–Trinajstić information content (AvgIpc) is 2.38. The lowest BCUT2D eigenvalue weighted by Gasteiger charge is -2.20. The standard InChI is InChI=1S/C12H26N4O4/c13-3-9-16(8-2-12(19)20)10-7-15-6-5-14-4-1-11(17)18/h14-15H,1-10,13H2,(H,17,18)(H,19,20). The van der Waals surface area contributed by atoms with E-state index in [2.05, 4.69) is 10.6 Å². The molecule has 0 fully saturated rings. The van der Waals surface area contributed by atoms with E-state index < -0.39 is 11.9 Å². The van der Waals surface area contributed by atoms with E-state index in [1.165, 1.54) is 0 Å². The first-order valence-corrected chi connectivity index (χ1v) is 6.83. The molecule has 0 aromatic rings. The Morgan fingerprint density at radius 2 is 1.45 bits per heavy atom. The number of aliphatic carboxylic acids is 2. The minimum Gasteiger partial charge on any atom is -0.481 e. The highest BCUT2D eigenvalue weighted by atomic mass is 16.4. The van der Waals surface area contributed by atoms with Gasteiger partial charge in [-0.2, -0.15) is 0 Å². The Bertz CT molecular complexity index is 276. The molecule has 8 heteroatoms. The second kappa shape index (κ2) is 12.8. The summed E-state index contributed by atoms with van der Waals surface area (Å²) in [5.41, 5.74) is 5.48. The maximum Gasteiger partial charge on any atom is 0.304 e. The third-order valence-electron chi connectivity index (χ3n) is 2.69. The van der Waals surface area contributed by atoms with Gasteiger partial charge in [0.1, 0.15) is 0 Å². The van der Waals surface area contributed by atoms with Crippen molar-refractivity contribution in [2.75, 3.05) is 52.4 Å². The van der Waals surface area contributed by atoms with Gasteiger partial charge in [-0.05, 0) is 0 Å². The number of rotatable bonds is 14. The highest BCUT2D eigenvalue weighted by molar-refractivity contribution is 5.67. The van der Waals surface area contributed by atoms with Crippen LogP contribution in [0.25, 0.3) is 0 Å². The predicted octanol–water partition coefficient (Wildman–Crippen LogP) is -1.62. The van der Waals surface area contributed by atoms with Crippen LogP contribution in [0.5, 0.6) is 0 Å². The molecule has 0 heterocycles.